The van der Waals surface area contributed by atoms with Crippen molar-refractivity contribution in [3.8, 4) is 11.3 Å². The zero-order valence-corrected chi connectivity index (χ0v) is 18.8. The summed E-state index contributed by atoms with van der Waals surface area (Å²) in [5, 5.41) is 5.92. The molecule has 0 radical (unpaired) electrons. The average Bonchev–Trinajstić information content (AvgIpc) is 3.19. The molecule has 0 bridgehead atoms. The molecule has 0 aliphatic carbocycles. The molecule has 158 valence electrons. The lowest BCUT2D eigenvalue weighted by molar-refractivity contribution is -0.116. The van der Waals surface area contributed by atoms with Gasteiger partial charge in [0.1, 0.15) is 0 Å². The number of rotatable bonds is 5. The summed E-state index contributed by atoms with van der Waals surface area (Å²) in [4.78, 5) is 34.1. The summed E-state index contributed by atoms with van der Waals surface area (Å²) in [5.41, 5.74) is 7.06. The number of carbonyl (C=O) groups is 1. The van der Waals surface area contributed by atoms with Crippen molar-refractivity contribution in [2.24, 2.45) is 0 Å². The molecule has 0 spiro atoms. The molecule has 2 heterocycles. The fraction of sp³-hybridized carbons (Fsp3) is 0.250. The standard InChI is InChI=1S/C24H24N4O2S/c1-14-6-5-7-18-22(14)25-13-28(23(18)30)9-8-21(29)27-24-26-20(12-31-24)19-11-16(3)15(2)10-17(19)4/h5-7,10-13H,8-9H2,1-4H3,(H,26,27,29). The van der Waals surface area contributed by atoms with Crippen LogP contribution >= 0.6 is 11.3 Å². The smallest absolute Gasteiger partial charge is 0.261 e. The Morgan fingerprint density at radius 2 is 1.84 bits per heavy atom. The van der Waals surface area contributed by atoms with Crippen molar-refractivity contribution in [3.05, 3.63) is 74.6 Å². The van der Waals surface area contributed by atoms with E-state index in [9.17, 15) is 9.59 Å². The number of amides is 1. The first-order valence-corrected chi connectivity index (χ1v) is 11.0. The molecule has 0 saturated carbocycles. The van der Waals surface area contributed by atoms with Crippen molar-refractivity contribution in [2.75, 3.05) is 5.32 Å². The molecule has 0 aliphatic heterocycles. The van der Waals surface area contributed by atoms with Crippen LogP contribution in [0, 0.1) is 27.7 Å². The molecule has 2 aromatic heterocycles. The summed E-state index contributed by atoms with van der Waals surface area (Å²) < 4.78 is 1.48. The lowest BCUT2D eigenvalue weighted by Crippen LogP contribution is -2.23. The second kappa shape index (κ2) is 8.43. The number of hydrogen-bond acceptors (Lipinski definition) is 5. The second-order valence-electron chi connectivity index (χ2n) is 7.80. The van der Waals surface area contributed by atoms with Gasteiger partial charge in [-0.15, -0.1) is 11.3 Å². The number of para-hydroxylation sites is 1. The number of thiazole rings is 1. The molecule has 6 nitrogen and oxygen atoms in total. The Hall–Kier alpha value is -3.32. The van der Waals surface area contributed by atoms with Gasteiger partial charge in [-0.3, -0.25) is 14.2 Å². The maximum atomic E-state index is 12.7. The van der Waals surface area contributed by atoms with Gasteiger partial charge in [0, 0.05) is 23.9 Å². The summed E-state index contributed by atoms with van der Waals surface area (Å²) in [6.45, 7) is 8.43. The molecular weight excluding hydrogens is 408 g/mol. The van der Waals surface area contributed by atoms with E-state index in [1.165, 1.54) is 33.4 Å². The summed E-state index contributed by atoms with van der Waals surface area (Å²) in [6.07, 6.45) is 1.67. The normalized spacial score (nSPS) is 11.1. The van der Waals surface area contributed by atoms with Crippen LogP contribution < -0.4 is 10.9 Å². The minimum Gasteiger partial charge on any atom is -0.302 e. The largest absolute Gasteiger partial charge is 0.302 e. The molecule has 1 amide bonds. The van der Waals surface area contributed by atoms with Gasteiger partial charge in [-0.05, 0) is 62.1 Å². The van der Waals surface area contributed by atoms with Crippen LogP contribution in [0.3, 0.4) is 0 Å². The molecule has 7 heteroatoms. The van der Waals surface area contributed by atoms with E-state index in [1.807, 2.05) is 24.4 Å². The van der Waals surface area contributed by atoms with Crippen molar-refractivity contribution < 1.29 is 4.79 Å². The Labute approximate surface area is 184 Å². The van der Waals surface area contributed by atoms with E-state index >= 15 is 0 Å². The first-order chi connectivity index (χ1) is 14.8. The molecule has 0 saturated heterocycles. The van der Waals surface area contributed by atoms with E-state index in [0.29, 0.717) is 16.0 Å². The minimum absolute atomic E-state index is 0.136. The number of aromatic nitrogens is 3. The summed E-state index contributed by atoms with van der Waals surface area (Å²) >= 11 is 1.40. The number of fused-ring (bicyclic) bond motifs is 1. The predicted octanol–water partition coefficient (Wildman–Crippen LogP) is 4.78. The molecule has 1 N–H and O–H groups in total. The summed E-state index contributed by atoms with van der Waals surface area (Å²) in [7, 11) is 0. The van der Waals surface area contributed by atoms with Crippen LogP contribution in [0.25, 0.3) is 22.2 Å². The van der Waals surface area contributed by atoms with Gasteiger partial charge in [-0.25, -0.2) is 9.97 Å². The zero-order chi connectivity index (χ0) is 22.1. The fourth-order valence-electron chi connectivity index (χ4n) is 3.59. The molecule has 4 rings (SSSR count). The van der Waals surface area contributed by atoms with Gasteiger partial charge in [0.05, 0.1) is 22.9 Å². The van der Waals surface area contributed by atoms with E-state index in [4.69, 9.17) is 0 Å². The van der Waals surface area contributed by atoms with Crippen LogP contribution in [0.1, 0.15) is 28.7 Å². The van der Waals surface area contributed by atoms with Crippen LogP contribution in [0.5, 0.6) is 0 Å². The molecule has 2 aromatic carbocycles. The fourth-order valence-corrected chi connectivity index (χ4v) is 4.32. The quantitative estimate of drug-likeness (QED) is 0.492. The highest BCUT2D eigenvalue weighted by Gasteiger charge is 2.12. The van der Waals surface area contributed by atoms with Crippen LogP contribution in [-0.4, -0.2) is 20.4 Å². The van der Waals surface area contributed by atoms with E-state index in [-0.39, 0.29) is 24.4 Å². The Kier molecular flexibility index (Phi) is 5.69. The number of aryl methyl sites for hydroxylation is 5. The summed E-state index contributed by atoms with van der Waals surface area (Å²) in [6, 6.07) is 9.81. The van der Waals surface area contributed by atoms with Crippen molar-refractivity contribution >= 4 is 33.3 Å². The minimum atomic E-state index is -0.186. The number of hydrogen-bond donors (Lipinski definition) is 1. The molecule has 31 heavy (non-hydrogen) atoms. The van der Waals surface area contributed by atoms with Crippen molar-refractivity contribution in [2.45, 2.75) is 40.7 Å². The Balaban J connectivity index is 1.45. The monoisotopic (exact) mass is 432 g/mol. The average molecular weight is 433 g/mol. The lowest BCUT2D eigenvalue weighted by atomic mass is 9.99. The maximum Gasteiger partial charge on any atom is 0.261 e. The van der Waals surface area contributed by atoms with Crippen molar-refractivity contribution in [1.29, 1.82) is 0 Å². The van der Waals surface area contributed by atoms with E-state index in [0.717, 1.165) is 22.4 Å². The van der Waals surface area contributed by atoms with E-state index in [1.54, 1.807) is 6.07 Å². The maximum absolute atomic E-state index is 12.7. The lowest BCUT2D eigenvalue weighted by Gasteiger charge is -2.08. The zero-order valence-electron chi connectivity index (χ0n) is 18.0. The third-order valence-electron chi connectivity index (χ3n) is 5.50. The highest BCUT2D eigenvalue weighted by Crippen LogP contribution is 2.29. The third kappa shape index (κ3) is 4.27. The number of nitrogens with one attached hydrogen (secondary N) is 1. The second-order valence-corrected chi connectivity index (χ2v) is 8.66. The molecule has 0 atom stereocenters. The first kappa shape index (κ1) is 20.9. The number of nitrogens with zero attached hydrogens (tertiary/aromatic N) is 3. The van der Waals surface area contributed by atoms with Gasteiger partial charge in [-0.2, -0.15) is 0 Å². The van der Waals surface area contributed by atoms with E-state index in [2.05, 4.69) is 48.2 Å². The van der Waals surface area contributed by atoms with Gasteiger partial charge in [0.2, 0.25) is 5.91 Å². The number of carbonyl (C=O) groups excluding carboxylic acids is 1. The topological polar surface area (TPSA) is 76.9 Å². The predicted molar refractivity (Wildman–Crippen MR) is 126 cm³/mol. The first-order valence-electron chi connectivity index (χ1n) is 10.1. The highest BCUT2D eigenvalue weighted by molar-refractivity contribution is 7.14. The third-order valence-corrected chi connectivity index (χ3v) is 6.26. The molecular formula is C24H24N4O2S. The van der Waals surface area contributed by atoms with Crippen molar-refractivity contribution in [3.63, 3.8) is 0 Å². The SMILES string of the molecule is Cc1cc(C)c(-c2csc(NC(=O)CCn3cnc4c(C)cccc4c3=O)n2)cc1C. The molecule has 4 aromatic rings. The van der Waals surface area contributed by atoms with Crippen molar-refractivity contribution in [1.82, 2.24) is 14.5 Å². The van der Waals surface area contributed by atoms with Gasteiger partial charge < -0.3 is 5.32 Å². The van der Waals surface area contributed by atoms with Crippen LogP contribution in [0.2, 0.25) is 0 Å². The van der Waals surface area contributed by atoms with Crippen LogP contribution in [0.4, 0.5) is 5.13 Å². The molecule has 0 aliphatic rings. The summed E-state index contributed by atoms with van der Waals surface area (Å²) in [5.74, 6) is -0.186. The van der Waals surface area contributed by atoms with Crippen LogP contribution in [0.15, 0.2) is 46.8 Å². The molecule has 0 fully saturated rings. The van der Waals surface area contributed by atoms with Gasteiger partial charge >= 0.3 is 0 Å². The van der Waals surface area contributed by atoms with Crippen LogP contribution in [-0.2, 0) is 11.3 Å². The highest BCUT2D eigenvalue weighted by atomic mass is 32.1. The Morgan fingerprint density at radius 3 is 2.65 bits per heavy atom. The van der Waals surface area contributed by atoms with Gasteiger partial charge in [0.25, 0.3) is 5.56 Å². The molecule has 0 unspecified atom stereocenters. The number of benzene rings is 2. The van der Waals surface area contributed by atoms with Gasteiger partial charge in [0.15, 0.2) is 5.13 Å². The number of anilines is 1. The Bertz CT molecular complexity index is 1350. The van der Waals surface area contributed by atoms with E-state index < -0.39 is 0 Å². The Morgan fingerprint density at radius 1 is 1.06 bits per heavy atom. The van der Waals surface area contributed by atoms with Gasteiger partial charge in [-0.1, -0.05) is 18.2 Å².